The quantitative estimate of drug-likeness (QED) is 0.593. The molecule has 144 valence electrons. The highest BCUT2D eigenvalue weighted by atomic mass is 16.5. The van der Waals surface area contributed by atoms with Gasteiger partial charge in [0.15, 0.2) is 0 Å². The van der Waals surface area contributed by atoms with Crippen molar-refractivity contribution in [2.45, 2.75) is 38.5 Å². The summed E-state index contributed by atoms with van der Waals surface area (Å²) in [7, 11) is 5.94. The van der Waals surface area contributed by atoms with Gasteiger partial charge in [0.05, 0.1) is 6.61 Å². The first-order valence-corrected chi connectivity index (χ1v) is 10.0. The Balaban J connectivity index is 1.82. The van der Waals surface area contributed by atoms with E-state index in [2.05, 4.69) is 81.2 Å². The summed E-state index contributed by atoms with van der Waals surface area (Å²) in [5, 5.41) is 0. The summed E-state index contributed by atoms with van der Waals surface area (Å²) < 4.78 is 5.52. The molecule has 3 rings (SSSR count). The Morgan fingerprint density at radius 2 is 2.00 bits per heavy atom. The SMILES string of the molecule is C=C1CC=CC(c2ccc([C@H]3C[C@]3(CCC)COC)cc2)=C/C1=C/N(C)C. The van der Waals surface area contributed by atoms with E-state index in [0.29, 0.717) is 11.3 Å². The maximum Gasteiger partial charge on any atom is 0.0524 e. The third-order valence-electron chi connectivity index (χ3n) is 5.79. The summed E-state index contributed by atoms with van der Waals surface area (Å²) in [5.41, 5.74) is 6.70. The molecule has 0 N–H and O–H groups in total. The Hall–Kier alpha value is -2.06. The average molecular weight is 364 g/mol. The van der Waals surface area contributed by atoms with E-state index in [0.717, 1.165) is 18.6 Å². The number of ether oxygens (including phenoxy) is 1. The molecule has 1 saturated carbocycles. The van der Waals surface area contributed by atoms with Gasteiger partial charge in [-0.15, -0.1) is 0 Å². The van der Waals surface area contributed by atoms with Crippen LogP contribution in [-0.2, 0) is 4.74 Å². The molecule has 0 saturated heterocycles. The van der Waals surface area contributed by atoms with Gasteiger partial charge in [-0.05, 0) is 59.1 Å². The fourth-order valence-electron chi connectivity index (χ4n) is 4.37. The fraction of sp³-hybridized carbons (Fsp3) is 0.440. The van der Waals surface area contributed by atoms with Crippen LogP contribution in [0.25, 0.3) is 5.57 Å². The summed E-state index contributed by atoms with van der Waals surface area (Å²) in [6.07, 6.45) is 13.5. The number of hydrogen-bond donors (Lipinski definition) is 0. The minimum Gasteiger partial charge on any atom is -0.384 e. The number of methoxy groups -OCH3 is 1. The van der Waals surface area contributed by atoms with E-state index in [1.807, 2.05) is 7.11 Å². The lowest BCUT2D eigenvalue weighted by Gasteiger charge is -2.16. The molecule has 0 bridgehead atoms. The number of benzene rings is 1. The maximum absolute atomic E-state index is 5.52. The predicted octanol–water partition coefficient (Wildman–Crippen LogP) is 5.95. The molecule has 2 aliphatic carbocycles. The molecule has 2 aliphatic rings. The van der Waals surface area contributed by atoms with Crippen molar-refractivity contribution in [1.29, 1.82) is 0 Å². The largest absolute Gasteiger partial charge is 0.384 e. The Bertz CT molecular complexity index is 758. The molecule has 0 aromatic heterocycles. The van der Waals surface area contributed by atoms with Crippen molar-refractivity contribution in [2.75, 3.05) is 27.8 Å². The first-order chi connectivity index (χ1) is 13.0. The van der Waals surface area contributed by atoms with Gasteiger partial charge < -0.3 is 9.64 Å². The summed E-state index contributed by atoms with van der Waals surface area (Å²) in [6.45, 7) is 7.38. The van der Waals surface area contributed by atoms with Gasteiger partial charge in [0.1, 0.15) is 0 Å². The van der Waals surface area contributed by atoms with Crippen LogP contribution in [0.2, 0.25) is 0 Å². The molecule has 2 heteroatoms. The van der Waals surface area contributed by atoms with Crippen LogP contribution in [0.1, 0.15) is 49.7 Å². The third-order valence-corrected chi connectivity index (χ3v) is 5.79. The van der Waals surface area contributed by atoms with E-state index in [9.17, 15) is 0 Å². The summed E-state index contributed by atoms with van der Waals surface area (Å²) in [5.74, 6) is 0.647. The first kappa shape index (κ1) is 19.7. The number of hydrogen-bond acceptors (Lipinski definition) is 2. The second-order valence-electron chi connectivity index (χ2n) is 8.28. The average Bonchev–Trinajstić information content (AvgIpc) is 3.36. The minimum absolute atomic E-state index is 0.367. The molecule has 1 aromatic rings. The molecule has 27 heavy (non-hydrogen) atoms. The lowest BCUT2D eigenvalue weighted by molar-refractivity contribution is 0.132. The molecular weight excluding hydrogens is 330 g/mol. The zero-order valence-electron chi connectivity index (χ0n) is 17.3. The van der Waals surface area contributed by atoms with Gasteiger partial charge in [0, 0.05) is 32.8 Å². The van der Waals surface area contributed by atoms with Crippen LogP contribution in [-0.4, -0.2) is 32.7 Å². The molecule has 0 spiro atoms. The molecule has 1 aromatic carbocycles. The van der Waals surface area contributed by atoms with Gasteiger partial charge in [-0.1, -0.05) is 56.3 Å². The third kappa shape index (κ3) is 4.44. The van der Waals surface area contributed by atoms with Crippen LogP contribution in [0.5, 0.6) is 0 Å². The van der Waals surface area contributed by atoms with Crippen LogP contribution in [0.15, 0.2) is 66.4 Å². The monoisotopic (exact) mass is 363 g/mol. The number of rotatable bonds is 7. The van der Waals surface area contributed by atoms with Crippen LogP contribution in [0.4, 0.5) is 0 Å². The minimum atomic E-state index is 0.367. The van der Waals surface area contributed by atoms with Gasteiger partial charge in [-0.3, -0.25) is 0 Å². The lowest BCUT2D eigenvalue weighted by atomic mass is 9.93. The fourth-order valence-corrected chi connectivity index (χ4v) is 4.37. The Morgan fingerprint density at radius 1 is 1.26 bits per heavy atom. The van der Waals surface area contributed by atoms with Gasteiger partial charge >= 0.3 is 0 Å². The van der Waals surface area contributed by atoms with Gasteiger partial charge in [0.25, 0.3) is 0 Å². The van der Waals surface area contributed by atoms with E-state index >= 15 is 0 Å². The molecule has 0 amide bonds. The van der Waals surface area contributed by atoms with Crippen LogP contribution >= 0.6 is 0 Å². The van der Waals surface area contributed by atoms with Crippen molar-refractivity contribution >= 4 is 5.57 Å². The highest BCUT2D eigenvalue weighted by Gasteiger charge is 2.53. The summed E-state index contributed by atoms with van der Waals surface area (Å²) in [4.78, 5) is 2.08. The number of allylic oxidation sites excluding steroid dienone is 6. The molecular formula is C25H33NO. The van der Waals surface area contributed by atoms with Gasteiger partial charge in [0.2, 0.25) is 0 Å². The molecule has 1 fully saturated rings. The molecule has 0 aliphatic heterocycles. The van der Waals surface area contributed by atoms with Crippen LogP contribution < -0.4 is 0 Å². The lowest BCUT2D eigenvalue weighted by Crippen LogP contribution is -2.11. The second-order valence-corrected chi connectivity index (χ2v) is 8.28. The van der Waals surface area contributed by atoms with Gasteiger partial charge in [-0.25, -0.2) is 0 Å². The highest BCUT2D eigenvalue weighted by molar-refractivity contribution is 5.78. The molecule has 2 atom stereocenters. The van der Waals surface area contributed by atoms with Crippen LogP contribution in [0, 0.1) is 5.41 Å². The van der Waals surface area contributed by atoms with E-state index < -0.39 is 0 Å². The van der Waals surface area contributed by atoms with Crippen molar-refractivity contribution < 1.29 is 4.74 Å². The normalized spacial score (nSPS) is 26.1. The zero-order valence-corrected chi connectivity index (χ0v) is 17.3. The second kappa shape index (κ2) is 8.31. The van der Waals surface area contributed by atoms with Crippen molar-refractivity contribution in [3.8, 4) is 0 Å². The Kier molecular flexibility index (Phi) is 6.06. The van der Waals surface area contributed by atoms with Crippen molar-refractivity contribution in [3.05, 3.63) is 77.5 Å². The molecule has 2 nitrogen and oxygen atoms in total. The van der Waals surface area contributed by atoms with E-state index in [-0.39, 0.29) is 0 Å². The van der Waals surface area contributed by atoms with Crippen molar-refractivity contribution in [3.63, 3.8) is 0 Å². The van der Waals surface area contributed by atoms with Gasteiger partial charge in [-0.2, -0.15) is 0 Å². The van der Waals surface area contributed by atoms with E-state index in [1.165, 1.54) is 41.5 Å². The number of nitrogens with zero attached hydrogens (tertiary/aromatic N) is 1. The zero-order chi connectivity index (χ0) is 19.4. The predicted molar refractivity (Wildman–Crippen MR) is 116 cm³/mol. The van der Waals surface area contributed by atoms with Crippen molar-refractivity contribution in [1.82, 2.24) is 4.90 Å². The standard InChI is InChI=1S/C25H33NO/c1-6-14-25(18-27-5)16-24(25)21-12-10-20(11-13-21)22-9-7-8-19(2)23(15-22)17-26(3)4/h7,9-13,15,17,24H,2,6,8,14,16,18H2,1,3-5H3/b23-17-/t24-,25-/m1/s1. The maximum atomic E-state index is 5.52. The summed E-state index contributed by atoms with van der Waals surface area (Å²) in [6, 6.07) is 9.18. The first-order valence-electron chi connectivity index (χ1n) is 10.0. The highest BCUT2D eigenvalue weighted by Crippen LogP contribution is 2.62. The molecule has 0 radical (unpaired) electrons. The van der Waals surface area contributed by atoms with Crippen LogP contribution in [0.3, 0.4) is 0 Å². The van der Waals surface area contributed by atoms with Crippen molar-refractivity contribution in [2.24, 2.45) is 5.41 Å². The topological polar surface area (TPSA) is 12.5 Å². The summed E-state index contributed by atoms with van der Waals surface area (Å²) >= 11 is 0. The Labute approximate surface area is 164 Å². The Morgan fingerprint density at radius 3 is 2.63 bits per heavy atom. The smallest absolute Gasteiger partial charge is 0.0524 e. The molecule has 0 unspecified atom stereocenters. The van der Waals surface area contributed by atoms with E-state index in [4.69, 9.17) is 4.74 Å². The van der Waals surface area contributed by atoms with E-state index in [1.54, 1.807) is 0 Å². The molecule has 0 heterocycles.